The van der Waals surface area contributed by atoms with E-state index in [0.717, 1.165) is 64.0 Å². The summed E-state index contributed by atoms with van der Waals surface area (Å²) < 4.78 is 0. The van der Waals surface area contributed by atoms with Crippen LogP contribution in [-0.4, -0.2) is 40.4 Å². The van der Waals surface area contributed by atoms with Gasteiger partial charge in [0.2, 0.25) is 0 Å². The van der Waals surface area contributed by atoms with Crippen molar-refractivity contribution in [1.82, 2.24) is 14.9 Å². The molecule has 0 saturated heterocycles. The maximum Gasteiger partial charge on any atom is 0.0781 e. The van der Waals surface area contributed by atoms with E-state index in [1.165, 1.54) is 22.3 Å². The molecule has 0 amide bonds. The molecule has 33 heavy (non-hydrogen) atoms. The van der Waals surface area contributed by atoms with Crippen LogP contribution in [0, 0.1) is 0 Å². The van der Waals surface area contributed by atoms with Gasteiger partial charge in [0, 0.05) is 37.3 Å². The molecule has 5 heterocycles. The van der Waals surface area contributed by atoms with E-state index in [4.69, 9.17) is 9.98 Å². The van der Waals surface area contributed by atoms with E-state index in [1.54, 1.807) is 0 Å². The lowest BCUT2D eigenvalue weighted by Gasteiger charge is -2.16. The number of hydrogen-bond donors (Lipinski definition) is 2. The Morgan fingerprint density at radius 3 is 1.61 bits per heavy atom. The normalized spacial score (nSPS) is 17.5. The molecule has 2 N–H and O–H groups in total. The lowest BCUT2D eigenvalue weighted by atomic mass is 9.91. The first-order chi connectivity index (χ1) is 15.9. The van der Waals surface area contributed by atoms with Crippen LogP contribution in [0.5, 0.6) is 0 Å². The molecule has 0 aliphatic carbocycles. The summed E-state index contributed by atoms with van der Waals surface area (Å²) in [5.41, 5.74) is 14.4. The third-order valence-electron chi connectivity index (χ3n) is 6.61. The van der Waals surface area contributed by atoms with Crippen LogP contribution < -0.4 is 0 Å². The van der Waals surface area contributed by atoms with Crippen LogP contribution >= 0.6 is 0 Å². The summed E-state index contributed by atoms with van der Waals surface area (Å²) in [7, 11) is 4.12. The molecule has 3 aliphatic heterocycles. The second-order valence-electron chi connectivity index (χ2n) is 9.06. The first-order valence-electron chi connectivity index (χ1n) is 11.7. The van der Waals surface area contributed by atoms with Gasteiger partial charge in [0.05, 0.1) is 34.2 Å². The number of allylic oxidation sites excluding steroid dienone is 5. The van der Waals surface area contributed by atoms with Gasteiger partial charge in [-0.25, -0.2) is 9.98 Å². The maximum atomic E-state index is 5.18. The summed E-state index contributed by atoms with van der Waals surface area (Å²) in [5.74, 6) is 0. The van der Waals surface area contributed by atoms with Crippen molar-refractivity contribution in [2.24, 2.45) is 9.98 Å². The summed E-state index contributed by atoms with van der Waals surface area (Å²) in [6, 6.07) is 8.46. The average molecular weight is 438 g/mol. The van der Waals surface area contributed by atoms with Crippen LogP contribution in [0.4, 0.5) is 0 Å². The van der Waals surface area contributed by atoms with E-state index in [9.17, 15) is 0 Å². The number of aromatic amines is 2. The second-order valence-corrected chi connectivity index (χ2v) is 9.06. The zero-order valence-corrected chi connectivity index (χ0v) is 20.3. The molecule has 5 heteroatoms. The topological polar surface area (TPSA) is 59.5 Å². The van der Waals surface area contributed by atoms with Crippen molar-refractivity contribution in [3.63, 3.8) is 0 Å². The Morgan fingerprint density at radius 1 is 0.758 bits per heavy atom. The number of hydrogen-bond acceptors (Lipinski definition) is 3. The monoisotopic (exact) mass is 437 g/mol. The van der Waals surface area contributed by atoms with Crippen LogP contribution in [0.1, 0.15) is 51.9 Å². The van der Waals surface area contributed by atoms with Gasteiger partial charge in [-0.1, -0.05) is 13.8 Å². The van der Waals surface area contributed by atoms with Gasteiger partial charge < -0.3 is 14.9 Å². The predicted octanol–water partition coefficient (Wildman–Crippen LogP) is 6.51. The third kappa shape index (κ3) is 3.58. The van der Waals surface area contributed by atoms with Crippen LogP contribution in [-0.2, 0) is 0 Å². The highest BCUT2D eigenvalue weighted by molar-refractivity contribution is 6.36. The van der Waals surface area contributed by atoms with Crippen molar-refractivity contribution in [1.29, 1.82) is 0 Å². The van der Waals surface area contributed by atoms with Crippen LogP contribution in [0.15, 0.2) is 79.7 Å². The molecule has 0 radical (unpaired) electrons. The van der Waals surface area contributed by atoms with Gasteiger partial charge in [-0.3, -0.25) is 0 Å². The Labute approximate surface area is 195 Å². The molecule has 3 aliphatic rings. The van der Waals surface area contributed by atoms with Crippen molar-refractivity contribution < 1.29 is 0 Å². The maximum absolute atomic E-state index is 5.18. The lowest BCUT2D eigenvalue weighted by Crippen LogP contribution is -2.18. The first kappa shape index (κ1) is 21.3. The Kier molecular flexibility index (Phi) is 5.20. The highest BCUT2D eigenvalue weighted by Gasteiger charge is 2.30. The zero-order valence-electron chi connectivity index (χ0n) is 20.3. The highest BCUT2D eigenvalue weighted by Crippen LogP contribution is 2.37. The molecule has 0 saturated carbocycles. The minimum Gasteiger partial charge on any atom is -0.383 e. The molecule has 0 fully saturated rings. The summed E-state index contributed by atoms with van der Waals surface area (Å²) in [6.45, 7) is 8.79. The van der Waals surface area contributed by atoms with Crippen molar-refractivity contribution in [3.8, 4) is 11.4 Å². The van der Waals surface area contributed by atoms with E-state index in [2.05, 4.69) is 99.3 Å². The fraction of sp³-hybridized carbons (Fsp3) is 0.286. The summed E-state index contributed by atoms with van der Waals surface area (Å²) in [6.07, 6.45) is 8.33. The van der Waals surface area contributed by atoms with Crippen molar-refractivity contribution in [3.05, 3.63) is 81.1 Å². The molecule has 0 atom stereocenters. The Hall–Kier alpha value is -3.60. The number of fused-ring (bicyclic) bond motifs is 7. The van der Waals surface area contributed by atoms with Gasteiger partial charge in [0.25, 0.3) is 0 Å². The van der Waals surface area contributed by atoms with E-state index in [1.807, 2.05) is 0 Å². The third-order valence-corrected chi connectivity index (χ3v) is 6.61. The Bertz CT molecular complexity index is 1260. The molecule has 5 rings (SSSR count). The molecule has 0 unspecified atom stereocenters. The zero-order chi connectivity index (χ0) is 23.3. The van der Waals surface area contributed by atoms with Crippen LogP contribution in [0.3, 0.4) is 0 Å². The summed E-state index contributed by atoms with van der Waals surface area (Å²) >= 11 is 0. The van der Waals surface area contributed by atoms with E-state index < -0.39 is 0 Å². The standard InChI is InChI=1S/C28H31N5/c1-7-20-16(3)25-13-18-9-11-23(29-18)24-12-10-19(30-24)14-26-17(4)21(8-2)28(32-26)22(15-33(5)6)27(20)31-25/h9-15,29-30H,7-8H2,1-6H3. The number of aromatic nitrogens is 2. The quantitative estimate of drug-likeness (QED) is 0.565. The largest absolute Gasteiger partial charge is 0.383 e. The Balaban J connectivity index is 1.82. The second kappa shape index (κ2) is 8.07. The smallest absolute Gasteiger partial charge is 0.0781 e. The minimum absolute atomic E-state index is 0.923. The van der Waals surface area contributed by atoms with Crippen molar-refractivity contribution in [2.75, 3.05) is 14.1 Å². The molecule has 168 valence electrons. The van der Waals surface area contributed by atoms with Crippen molar-refractivity contribution in [2.45, 2.75) is 40.5 Å². The minimum atomic E-state index is 0.923. The van der Waals surface area contributed by atoms with Gasteiger partial charge in [0.15, 0.2) is 0 Å². The van der Waals surface area contributed by atoms with Crippen LogP contribution in [0.25, 0.3) is 23.5 Å². The summed E-state index contributed by atoms with van der Waals surface area (Å²) in [5, 5.41) is 0. The van der Waals surface area contributed by atoms with E-state index in [0.29, 0.717) is 0 Å². The molecule has 5 nitrogen and oxygen atoms in total. The summed E-state index contributed by atoms with van der Waals surface area (Å²) in [4.78, 5) is 19.5. The lowest BCUT2D eigenvalue weighted by molar-refractivity contribution is 0.562. The van der Waals surface area contributed by atoms with Gasteiger partial charge >= 0.3 is 0 Å². The fourth-order valence-electron chi connectivity index (χ4n) is 4.89. The van der Waals surface area contributed by atoms with Gasteiger partial charge in [-0.15, -0.1) is 0 Å². The fourth-order valence-corrected chi connectivity index (χ4v) is 4.89. The predicted molar refractivity (Wildman–Crippen MR) is 139 cm³/mol. The SMILES string of the molecule is CCC1=C(C)C2=Cc3ccc([nH]3)-c3ccc([nH]3)C=C3N=C(C(=CN(C)C)C1=N2)C(CC)=C3C. The number of rotatable bonds is 3. The number of H-pyrrole nitrogens is 2. The molecular formula is C28H31N5. The van der Waals surface area contributed by atoms with Gasteiger partial charge in [-0.2, -0.15) is 0 Å². The number of aliphatic imine (C=N–C) groups is 2. The van der Waals surface area contributed by atoms with E-state index >= 15 is 0 Å². The molecule has 2 aromatic rings. The number of nitrogens with zero attached hydrogens (tertiary/aromatic N) is 3. The van der Waals surface area contributed by atoms with E-state index in [-0.39, 0.29) is 0 Å². The Morgan fingerprint density at radius 2 is 1.21 bits per heavy atom. The molecular weight excluding hydrogens is 406 g/mol. The van der Waals surface area contributed by atoms with Crippen molar-refractivity contribution >= 4 is 23.6 Å². The molecule has 0 spiro atoms. The molecule has 2 aromatic heterocycles. The highest BCUT2D eigenvalue weighted by atomic mass is 15.0. The van der Waals surface area contributed by atoms with Gasteiger partial charge in [0.1, 0.15) is 0 Å². The van der Waals surface area contributed by atoms with Crippen LogP contribution in [0.2, 0.25) is 0 Å². The molecule has 8 bridgehead atoms. The number of nitrogens with one attached hydrogen (secondary N) is 2. The average Bonchev–Trinajstić information content (AvgIpc) is 3.54. The first-order valence-corrected chi connectivity index (χ1v) is 11.7. The van der Waals surface area contributed by atoms with Gasteiger partial charge in [-0.05, 0) is 85.4 Å². The molecule has 0 aromatic carbocycles.